The topological polar surface area (TPSA) is 45.4 Å². The summed E-state index contributed by atoms with van der Waals surface area (Å²) in [6.45, 7) is -2.89. The largest absolute Gasteiger partial charge is 0.502 e. The lowest BCUT2D eigenvalue weighted by molar-refractivity contribution is -0.575. The maximum atomic E-state index is 12.3. The third kappa shape index (κ3) is 5.58. The van der Waals surface area contributed by atoms with Gasteiger partial charge in [-0.1, -0.05) is 34.2 Å². The van der Waals surface area contributed by atoms with E-state index in [1.165, 1.54) is 12.1 Å². The first-order valence-corrected chi connectivity index (χ1v) is 9.66. The maximum Gasteiger partial charge on any atom is 0.387 e. The Balaban J connectivity index is 1.93. The minimum atomic E-state index is -2.89. The Morgan fingerprint density at radius 1 is 1.00 bits per heavy atom. The SMILES string of the molecule is OC(=C(C(=S)Nc1ccc(OC(F)F)cc1)[n+]1ccccc1)c1ccc(Br)cc1. The first-order valence-electron chi connectivity index (χ1n) is 8.46. The van der Waals surface area contributed by atoms with Gasteiger partial charge in [0.25, 0.3) is 5.70 Å². The van der Waals surface area contributed by atoms with Crippen LogP contribution in [-0.2, 0) is 0 Å². The van der Waals surface area contributed by atoms with Crippen LogP contribution in [0.2, 0.25) is 0 Å². The first-order chi connectivity index (χ1) is 13.9. The van der Waals surface area contributed by atoms with Crippen LogP contribution in [0.15, 0.2) is 83.6 Å². The molecule has 148 valence electrons. The highest BCUT2D eigenvalue weighted by Crippen LogP contribution is 2.22. The highest BCUT2D eigenvalue weighted by atomic mass is 79.9. The molecule has 4 nitrogen and oxygen atoms in total. The monoisotopic (exact) mass is 477 g/mol. The summed E-state index contributed by atoms with van der Waals surface area (Å²) in [6, 6.07) is 18.6. The summed E-state index contributed by atoms with van der Waals surface area (Å²) >= 11 is 8.91. The fourth-order valence-electron chi connectivity index (χ4n) is 2.55. The van der Waals surface area contributed by atoms with Gasteiger partial charge in [-0.3, -0.25) is 0 Å². The van der Waals surface area contributed by atoms with Gasteiger partial charge in [0.2, 0.25) is 0 Å². The predicted octanol–water partition coefficient (Wildman–Crippen LogP) is 5.66. The van der Waals surface area contributed by atoms with Crippen molar-refractivity contribution >= 4 is 50.3 Å². The van der Waals surface area contributed by atoms with Gasteiger partial charge in [-0.15, -0.1) is 0 Å². The average Bonchev–Trinajstić information content (AvgIpc) is 2.70. The fourth-order valence-corrected chi connectivity index (χ4v) is 3.13. The number of rotatable bonds is 6. The number of hydrogen-bond acceptors (Lipinski definition) is 3. The fraction of sp³-hybridized carbons (Fsp3) is 0.0476. The Labute approximate surface area is 180 Å². The van der Waals surface area contributed by atoms with Crippen molar-refractivity contribution in [1.29, 1.82) is 0 Å². The van der Waals surface area contributed by atoms with Crippen LogP contribution in [0.5, 0.6) is 5.75 Å². The summed E-state index contributed by atoms with van der Waals surface area (Å²) in [5.41, 5.74) is 1.52. The summed E-state index contributed by atoms with van der Waals surface area (Å²) in [6.07, 6.45) is 3.52. The van der Waals surface area contributed by atoms with Crippen molar-refractivity contribution in [1.82, 2.24) is 0 Å². The van der Waals surface area contributed by atoms with Crippen LogP contribution in [-0.4, -0.2) is 16.7 Å². The Hall–Kier alpha value is -2.84. The van der Waals surface area contributed by atoms with E-state index in [1.807, 2.05) is 30.3 Å². The smallest absolute Gasteiger partial charge is 0.387 e. The minimum absolute atomic E-state index is 0.0103. The van der Waals surface area contributed by atoms with E-state index in [4.69, 9.17) is 12.2 Å². The second-order valence-corrected chi connectivity index (χ2v) is 7.17. The molecule has 0 atom stereocenters. The van der Waals surface area contributed by atoms with Crippen LogP contribution in [0.25, 0.3) is 11.5 Å². The van der Waals surface area contributed by atoms with Crippen LogP contribution >= 0.6 is 28.1 Å². The van der Waals surface area contributed by atoms with Gasteiger partial charge in [0.05, 0.1) is 0 Å². The van der Waals surface area contributed by atoms with E-state index in [0.29, 0.717) is 16.9 Å². The number of hydrogen-bond donors (Lipinski definition) is 2. The molecule has 0 fully saturated rings. The van der Waals surface area contributed by atoms with Gasteiger partial charge in [0.15, 0.2) is 23.1 Å². The highest BCUT2D eigenvalue weighted by molar-refractivity contribution is 9.10. The zero-order chi connectivity index (χ0) is 20.8. The highest BCUT2D eigenvalue weighted by Gasteiger charge is 2.23. The molecule has 1 heterocycles. The van der Waals surface area contributed by atoms with Crippen LogP contribution in [0.4, 0.5) is 14.5 Å². The molecule has 0 bridgehead atoms. The Morgan fingerprint density at radius 2 is 1.62 bits per heavy atom. The van der Waals surface area contributed by atoms with Crippen molar-refractivity contribution in [2.24, 2.45) is 0 Å². The Morgan fingerprint density at radius 3 is 2.21 bits per heavy atom. The van der Waals surface area contributed by atoms with E-state index in [0.717, 1.165) is 4.47 Å². The summed E-state index contributed by atoms with van der Waals surface area (Å²) in [5, 5.41) is 14.0. The van der Waals surface area contributed by atoms with Crippen molar-refractivity contribution < 1.29 is 23.2 Å². The number of aromatic nitrogens is 1. The zero-order valence-electron chi connectivity index (χ0n) is 14.9. The van der Waals surface area contributed by atoms with Crippen LogP contribution in [0.1, 0.15) is 5.56 Å². The number of anilines is 1. The number of nitrogens with one attached hydrogen (secondary N) is 1. The van der Waals surface area contributed by atoms with Crippen molar-refractivity contribution in [3.63, 3.8) is 0 Å². The summed E-state index contributed by atoms with van der Waals surface area (Å²) in [5.74, 6) is 0.0335. The summed E-state index contributed by atoms with van der Waals surface area (Å²) in [7, 11) is 0. The zero-order valence-corrected chi connectivity index (χ0v) is 17.3. The Kier molecular flexibility index (Phi) is 6.90. The van der Waals surface area contributed by atoms with E-state index >= 15 is 0 Å². The molecule has 0 unspecified atom stereocenters. The van der Waals surface area contributed by atoms with E-state index in [-0.39, 0.29) is 16.5 Å². The molecule has 0 aliphatic rings. The van der Waals surface area contributed by atoms with Gasteiger partial charge in [0, 0.05) is 27.9 Å². The maximum absolute atomic E-state index is 12.3. The van der Waals surface area contributed by atoms with Crippen LogP contribution in [0, 0.1) is 0 Å². The molecule has 29 heavy (non-hydrogen) atoms. The minimum Gasteiger partial charge on any atom is -0.502 e. The van der Waals surface area contributed by atoms with Crippen LogP contribution in [0.3, 0.4) is 0 Å². The van der Waals surface area contributed by atoms with E-state index < -0.39 is 6.61 Å². The molecular formula is C21H16BrF2N2O2S+. The van der Waals surface area contributed by atoms with Crippen molar-refractivity contribution in [2.75, 3.05) is 5.32 Å². The quantitative estimate of drug-likeness (QED) is 0.208. The molecule has 3 rings (SSSR count). The number of aliphatic hydroxyl groups excluding tert-OH is 1. The lowest BCUT2D eigenvalue weighted by atomic mass is 10.1. The van der Waals surface area contributed by atoms with E-state index in [9.17, 15) is 13.9 Å². The molecule has 1 aromatic heterocycles. The van der Waals surface area contributed by atoms with Crippen LogP contribution < -0.4 is 14.6 Å². The molecule has 0 aliphatic carbocycles. The molecule has 0 radical (unpaired) electrons. The second kappa shape index (κ2) is 9.58. The lowest BCUT2D eigenvalue weighted by Crippen LogP contribution is -2.38. The van der Waals surface area contributed by atoms with Crippen molar-refractivity contribution in [2.45, 2.75) is 6.61 Å². The van der Waals surface area contributed by atoms with Gasteiger partial charge in [-0.2, -0.15) is 13.3 Å². The number of nitrogens with zero attached hydrogens (tertiary/aromatic N) is 1. The molecular weight excluding hydrogens is 462 g/mol. The number of thiocarbonyl (C=S) groups is 1. The van der Waals surface area contributed by atoms with Gasteiger partial charge in [0.1, 0.15) is 5.75 Å². The number of halogens is 3. The predicted molar refractivity (Wildman–Crippen MR) is 116 cm³/mol. The third-order valence-electron chi connectivity index (χ3n) is 3.87. The van der Waals surface area contributed by atoms with Crippen molar-refractivity contribution in [3.05, 3.63) is 89.2 Å². The number of ether oxygens (including phenoxy) is 1. The molecule has 2 N–H and O–H groups in total. The standard InChI is InChI=1S/C21H15BrF2N2O2S/c22-15-6-4-14(5-7-15)19(27)18(26-12-2-1-3-13-26)20(29)25-16-8-10-17(11-9-16)28-21(23)24/h1-13,21H,(H-,25,27,29)/p+1. The second-order valence-electron chi connectivity index (χ2n) is 5.84. The summed E-state index contributed by atoms with van der Waals surface area (Å²) < 4.78 is 31.5. The third-order valence-corrected chi connectivity index (χ3v) is 4.69. The Bertz CT molecular complexity index is 1010. The molecule has 0 amide bonds. The molecule has 0 spiro atoms. The number of pyridine rings is 1. The number of alkyl halides is 2. The molecule has 0 saturated carbocycles. The van der Waals surface area contributed by atoms with E-state index in [2.05, 4.69) is 26.0 Å². The van der Waals surface area contributed by atoms with E-state index in [1.54, 1.807) is 41.2 Å². The molecule has 8 heteroatoms. The summed E-state index contributed by atoms with van der Waals surface area (Å²) in [4.78, 5) is 0.254. The normalized spacial score (nSPS) is 11.7. The average molecular weight is 478 g/mol. The first kappa shape index (κ1) is 20.9. The lowest BCUT2D eigenvalue weighted by Gasteiger charge is -2.11. The molecule has 0 saturated heterocycles. The molecule has 3 aromatic rings. The number of benzene rings is 2. The van der Waals surface area contributed by atoms with Gasteiger partial charge >= 0.3 is 6.61 Å². The molecule has 2 aromatic carbocycles. The van der Waals surface area contributed by atoms with Crippen molar-refractivity contribution in [3.8, 4) is 5.75 Å². The van der Waals surface area contributed by atoms with Gasteiger partial charge in [-0.25, -0.2) is 0 Å². The van der Waals surface area contributed by atoms with Gasteiger partial charge in [-0.05, 0) is 48.5 Å². The molecule has 0 aliphatic heterocycles. The number of aliphatic hydroxyl groups is 1. The van der Waals surface area contributed by atoms with Gasteiger partial charge < -0.3 is 15.2 Å².